The van der Waals surface area contributed by atoms with Crippen LogP contribution in [-0.4, -0.2) is 27.5 Å². The third kappa shape index (κ3) is 3.40. The lowest BCUT2D eigenvalue weighted by atomic mass is 9.92. The molecule has 0 bridgehead atoms. The lowest BCUT2D eigenvalue weighted by molar-refractivity contribution is 0.467. The van der Waals surface area contributed by atoms with Crippen LogP contribution in [0, 0.1) is 0 Å². The molecule has 0 saturated heterocycles. The van der Waals surface area contributed by atoms with Crippen LogP contribution in [0.5, 0.6) is 0 Å². The molecule has 0 aliphatic heterocycles. The van der Waals surface area contributed by atoms with Crippen LogP contribution in [-0.2, 0) is 10.0 Å². The Balaban J connectivity index is 2.34. The average molecular weight is 296 g/mol. The topological polar surface area (TPSA) is 58.2 Å². The molecule has 0 aromatic heterocycles. The maximum atomic E-state index is 12.5. The van der Waals surface area contributed by atoms with E-state index in [9.17, 15) is 8.42 Å². The van der Waals surface area contributed by atoms with Crippen LogP contribution in [0.3, 0.4) is 0 Å². The van der Waals surface area contributed by atoms with E-state index in [0.717, 1.165) is 24.8 Å². The van der Waals surface area contributed by atoms with E-state index < -0.39 is 10.0 Å². The van der Waals surface area contributed by atoms with E-state index in [1.807, 2.05) is 19.2 Å². The number of hydrogen-bond donors (Lipinski definition) is 2. The van der Waals surface area contributed by atoms with E-state index >= 15 is 0 Å². The highest BCUT2D eigenvalue weighted by Crippen LogP contribution is 2.29. The van der Waals surface area contributed by atoms with Crippen molar-refractivity contribution in [2.24, 2.45) is 0 Å². The van der Waals surface area contributed by atoms with Crippen LogP contribution < -0.4 is 10.0 Å². The molecule has 0 radical (unpaired) electrons. The van der Waals surface area contributed by atoms with Crippen molar-refractivity contribution >= 4 is 10.0 Å². The van der Waals surface area contributed by atoms with Gasteiger partial charge in [-0.05, 0) is 43.9 Å². The minimum Gasteiger partial charge on any atom is -0.316 e. The van der Waals surface area contributed by atoms with Gasteiger partial charge in [0, 0.05) is 12.1 Å². The molecule has 1 aromatic carbocycles. The van der Waals surface area contributed by atoms with Crippen LogP contribution >= 0.6 is 0 Å². The highest BCUT2D eigenvalue weighted by atomic mass is 32.2. The van der Waals surface area contributed by atoms with E-state index in [2.05, 4.69) is 23.9 Å². The molecule has 0 spiro atoms. The first-order valence-electron chi connectivity index (χ1n) is 7.28. The molecule has 2 atom stereocenters. The second-order valence-electron chi connectivity index (χ2n) is 5.53. The van der Waals surface area contributed by atoms with Gasteiger partial charge in [-0.3, -0.25) is 0 Å². The second kappa shape index (κ2) is 6.24. The van der Waals surface area contributed by atoms with Crippen LogP contribution in [0.1, 0.15) is 44.6 Å². The van der Waals surface area contributed by atoms with E-state index in [1.54, 1.807) is 12.1 Å². The Bertz CT molecular complexity index is 549. The fraction of sp³-hybridized carbons (Fsp3) is 0.600. The Morgan fingerprint density at radius 1 is 1.30 bits per heavy atom. The summed E-state index contributed by atoms with van der Waals surface area (Å²) in [7, 11) is -1.48. The summed E-state index contributed by atoms with van der Waals surface area (Å²) < 4.78 is 27.7. The molecule has 0 heterocycles. The lowest BCUT2D eigenvalue weighted by Gasteiger charge is -2.24. The highest BCUT2D eigenvalue weighted by Gasteiger charge is 2.30. The van der Waals surface area contributed by atoms with Gasteiger partial charge >= 0.3 is 0 Å². The summed E-state index contributed by atoms with van der Waals surface area (Å²) in [5.74, 6) is 0.150. The summed E-state index contributed by atoms with van der Waals surface area (Å²) in [6, 6.07) is 7.73. The molecule has 2 N–H and O–H groups in total. The molecule has 5 heteroatoms. The third-order valence-corrected chi connectivity index (χ3v) is 5.61. The first-order chi connectivity index (χ1) is 9.49. The SMILES string of the molecule is CCC(NC)C(C)c1ccccc1S(=O)(=O)NC1CC1. The van der Waals surface area contributed by atoms with Crippen molar-refractivity contribution in [3.63, 3.8) is 0 Å². The Kier molecular flexibility index (Phi) is 4.83. The first kappa shape index (κ1) is 15.5. The van der Waals surface area contributed by atoms with E-state index in [-0.39, 0.29) is 18.0 Å². The normalized spacial score (nSPS) is 18.8. The Morgan fingerprint density at radius 3 is 2.50 bits per heavy atom. The minimum absolute atomic E-state index is 0.134. The predicted octanol–water partition coefficient (Wildman–Crippen LogP) is 2.23. The molecule has 2 rings (SSSR count). The van der Waals surface area contributed by atoms with E-state index in [0.29, 0.717) is 4.90 Å². The third-order valence-electron chi connectivity index (χ3n) is 4.01. The quantitative estimate of drug-likeness (QED) is 0.811. The van der Waals surface area contributed by atoms with Gasteiger partial charge in [0.2, 0.25) is 10.0 Å². The largest absolute Gasteiger partial charge is 0.316 e. The molecular weight excluding hydrogens is 272 g/mol. The Morgan fingerprint density at radius 2 is 1.95 bits per heavy atom. The van der Waals surface area contributed by atoms with Crippen molar-refractivity contribution in [1.29, 1.82) is 0 Å². The van der Waals surface area contributed by atoms with Gasteiger partial charge in [-0.15, -0.1) is 0 Å². The molecule has 1 saturated carbocycles. The van der Waals surface area contributed by atoms with E-state index in [4.69, 9.17) is 0 Å². The molecule has 20 heavy (non-hydrogen) atoms. The summed E-state index contributed by atoms with van der Waals surface area (Å²) in [5.41, 5.74) is 0.891. The summed E-state index contributed by atoms with van der Waals surface area (Å²) in [6.45, 7) is 4.19. The van der Waals surface area contributed by atoms with Crippen molar-refractivity contribution in [3.8, 4) is 0 Å². The molecule has 112 valence electrons. The van der Waals surface area contributed by atoms with Gasteiger partial charge in [0.1, 0.15) is 0 Å². The number of likely N-dealkylation sites (N-methyl/N-ethyl adjacent to an activating group) is 1. The van der Waals surface area contributed by atoms with Crippen molar-refractivity contribution in [3.05, 3.63) is 29.8 Å². The summed E-state index contributed by atoms with van der Waals surface area (Å²) in [4.78, 5) is 0.424. The van der Waals surface area contributed by atoms with Crippen molar-refractivity contribution in [2.45, 2.75) is 56.0 Å². The van der Waals surface area contributed by atoms with Crippen molar-refractivity contribution in [2.75, 3.05) is 7.05 Å². The highest BCUT2D eigenvalue weighted by molar-refractivity contribution is 7.89. The molecule has 1 aromatic rings. The molecular formula is C15H24N2O2S. The molecule has 1 fully saturated rings. The summed E-state index contributed by atoms with van der Waals surface area (Å²) in [5, 5.41) is 3.27. The number of nitrogens with one attached hydrogen (secondary N) is 2. The van der Waals surface area contributed by atoms with E-state index in [1.165, 1.54) is 0 Å². The van der Waals surface area contributed by atoms with Gasteiger partial charge in [0.25, 0.3) is 0 Å². The molecule has 2 unspecified atom stereocenters. The zero-order valence-electron chi connectivity index (χ0n) is 12.4. The Hall–Kier alpha value is -0.910. The van der Waals surface area contributed by atoms with Crippen LogP contribution in [0.2, 0.25) is 0 Å². The smallest absolute Gasteiger partial charge is 0.241 e. The van der Waals surface area contributed by atoms with Crippen LogP contribution in [0.25, 0.3) is 0 Å². The maximum Gasteiger partial charge on any atom is 0.241 e. The first-order valence-corrected chi connectivity index (χ1v) is 8.76. The monoisotopic (exact) mass is 296 g/mol. The van der Waals surface area contributed by atoms with Gasteiger partial charge in [-0.1, -0.05) is 32.0 Å². The number of sulfonamides is 1. The predicted molar refractivity (Wildman–Crippen MR) is 81.3 cm³/mol. The zero-order chi connectivity index (χ0) is 14.8. The molecule has 1 aliphatic rings. The van der Waals surface area contributed by atoms with Gasteiger partial charge in [-0.2, -0.15) is 0 Å². The second-order valence-corrected chi connectivity index (χ2v) is 7.21. The minimum atomic E-state index is -3.40. The standard InChI is InChI=1S/C15H24N2O2S/c1-4-14(16-3)11(2)13-7-5-6-8-15(13)20(18,19)17-12-9-10-12/h5-8,11-12,14,16-17H,4,9-10H2,1-3H3. The van der Waals surface area contributed by atoms with Crippen molar-refractivity contribution < 1.29 is 8.42 Å². The average Bonchev–Trinajstić information content (AvgIpc) is 3.23. The lowest BCUT2D eigenvalue weighted by Crippen LogP contribution is -2.32. The number of benzene rings is 1. The summed E-state index contributed by atoms with van der Waals surface area (Å²) >= 11 is 0. The number of rotatable bonds is 7. The zero-order valence-corrected chi connectivity index (χ0v) is 13.2. The summed E-state index contributed by atoms with van der Waals surface area (Å²) in [6.07, 6.45) is 2.86. The Labute approximate surface area is 122 Å². The van der Waals surface area contributed by atoms with Gasteiger partial charge in [0.15, 0.2) is 0 Å². The van der Waals surface area contributed by atoms with Crippen LogP contribution in [0.4, 0.5) is 0 Å². The van der Waals surface area contributed by atoms with Gasteiger partial charge < -0.3 is 5.32 Å². The molecule has 4 nitrogen and oxygen atoms in total. The fourth-order valence-corrected chi connectivity index (χ4v) is 4.23. The fourth-order valence-electron chi connectivity index (χ4n) is 2.61. The van der Waals surface area contributed by atoms with Gasteiger partial charge in [0.05, 0.1) is 4.90 Å². The van der Waals surface area contributed by atoms with Crippen LogP contribution in [0.15, 0.2) is 29.2 Å². The van der Waals surface area contributed by atoms with Gasteiger partial charge in [-0.25, -0.2) is 13.1 Å². The molecule has 0 amide bonds. The molecule has 1 aliphatic carbocycles. The van der Waals surface area contributed by atoms with Crippen molar-refractivity contribution in [1.82, 2.24) is 10.0 Å². The maximum absolute atomic E-state index is 12.5. The number of hydrogen-bond acceptors (Lipinski definition) is 3.